The third-order valence-corrected chi connectivity index (χ3v) is 8.47. The molecule has 3 fully saturated rings. The van der Waals surface area contributed by atoms with Crippen LogP contribution in [0, 0.1) is 0 Å². The van der Waals surface area contributed by atoms with Crippen molar-refractivity contribution in [3.8, 4) is 17.1 Å². The van der Waals surface area contributed by atoms with Gasteiger partial charge in [-0.2, -0.15) is 23.3 Å². The molecule has 1 N–H and O–H groups in total. The van der Waals surface area contributed by atoms with Crippen molar-refractivity contribution in [3.05, 3.63) is 48.6 Å². The normalized spacial score (nSPS) is 22.8. The first kappa shape index (κ1) is 27.2. The smallest absolute Gasteiger partial charge is 0.451 e. The molecule has 4 aromatic rings. The average molecular weight is 584 g/mol. The molecule has 0 atom stereocenters. The molecule has 0 aromatic carbocycles. The highest BCUT2D eigenvalue weighted by molar-refractivity contribution is 5.89. The molecule has 14 heteroatoms. The minimum absolute atomic E-state index is 0.00201. The number of hydrogen-bond donors (Lipinski definition) is 1. The molecule has 3 aliphatic rings. The van der Waals surface area contributed by atoms with Crippen LogP contribution < -0.4 is 4.74 Å². The van der Waals surface area contributed by atoms with E-state index in [9.17, 15) is 13.2 Å². The van der Waals surface area contributed by atoms with Crippen LogP contribution >= 0.6 is 0 Å². The second-order valence-electron chi connectivity index (χ2n) is 11.2. The van der Waals surface area contributed by atoms with E-state index in [2.05, 4.69) is 41.1 Å². The molecule has 0 amide bonds. The first-order valence-corrected chi connectivity index (χ1v) is 14.4. The standard InChI is InChI=1S/C28H32F3N9O2/c29-28(30,31)27-36-19(16-38-7-9-41-10-8-38)11-24(37-27)42-22-2-5-39(6-3-22)20-12-21(13-20)40-15-18(14-35-40)25-23-1-4-32-26(23)34-17-33-25/h1,4,11,14-15,17,20-22H,2-3,5-10,12-13,16H2,(H,32,33,34). The van der Waals surface area contributed by atoms with Crippen molar-refractivity contribution in [2.75, 3.05) is 39.4 Å². The van der Waals surface area contributed by atoms with E-state index in [0.29, 0.717) is 50.6 Å². The van der Waals surface area contributed by atoms with E-state index in [-0.39, 0.29) is 12.0 Å². The number of ether oxygens (including phenoxy) is 2. The summed E-state index contributed by atoms with van der Waals surface area (Å²) in [5, 5.41) is 5.59. The van der Waals surface area contributed by atoms with Crippen LogP contribution in [-0.4, -0.2) is 96.0 Å². The molecule has 4 aromatic heterocycles. The van der Waals surface area contributed by atoms with Crippen LogP contribution in [0.5, 0.6) is 5.88 Å². The number of piperidine rings is 1. The maximum Gasteiger partial charge on any atom is 0.451 e. The van der Waals surface area contributed by atoms with E-state index < -0.39 is 12.0 Å². The van der Waals surface area contributed by atoms with Gasteiger partial charge in [-0.05, 0) is 31.7 Å². The highest BCUT2D eigenvalue weighted by Crippen LogP contribution is 2.38. The summed E-state index contributed by atoms with van der Waals surface area (Å²) in [4.78, 5) is 23.8. The lowest BCUT2D eigenvalue weighted by Crippen LogP contribution is -2.50. The predicted octanol–water partition coefficient (Wildman–Crippen LogP) is 3.71. The molecule has 222 valence electrons. The van der Waals surface area contributed by atoms with E-state index >= 15 is 0 Å². The summed E-state index contributed by atoms with van der Waals surface area (Å²) in [7, 11) is 0. The fourth-order valence-corrected chi connectivity index (χ4v) is 6.09. The largest absolute Gasteiger partial charge is 0.474 e. The number of aromatic nitrogens is 7. The molecule has 11 nitrogen and oxygen atoms in total. The Bertz CT molecular complexity index is 1520. The third kappa shape index (κ3) is 5.70. The van der Waals surface area contributed by atoms with E-state index in [4.69, 9.17) is 9.47 Å². The summed E-state index contributed by atoms with van der Waals surface area (Å²) >= 11 is 0. The number of nitrogens with zero attached hydrogens (tertiary/aromatic N) is 8. The van der Waals surface area contributed by atoms with E-state index in [1.165, 1.54) is 0 Å². The molecule has 0 unspecified atom stereocenters. The summed E-state index contributed by atoms with van der Waals surface area (Å²) in [5.41, 5.74) is 2.95. The van der Waals surface area contributed by atoms with Gasteiger partial charge in [0.2, 0.25) is 11.7 Å². The van der Waals surface area contributed by atoms with Gasteiger partial charge in [0.15, 0.2) is 0 Å². The molecule has 6 heterocycles. The second-order valence-corrected chi connectivity index (χ2v) is 11.2. The maximum absolute atomic E-state index is 13.5. The Hall–Kier alpha value is -3.62. The molecule has 2 aliphatic heterocycles. The van der Waals surface area contributed by atoms with Gasteiger partial charge < -0.3 is 14.5 Å². The number of morpholine rings is 1. The lowest BCUT2D eigenvalue weighted by atomic mass is 9.84. The molecule has 0 spiro atoms. The number of fused-ring (bicyclic) bond motifs is 1. The maximum atomic E-state index is 13.5. The molecule has 0 radical (unpaired) electrons. The fraction of sp³-hybridized carbons (Fsp3) is 0.536. The average Bonchev–Trinajstić information content (AvgIpc) is 3.63. The van der Waals surface area contributed by atoms with Gasteiger partial charge >= 0.3 is 6.18 Å². The Morgan fingerprint density at radius 3 is 2.62 bits per heavy atom. The van der Waals surface area contributed by atoms with Gasteiger partial charge in [-0.1, -0.05) is 0 Å². The van der Waals surface area contributed by atoms with Crippen molar-refractivity contribution < 1.29 is 22.6 Å². The number of alkyl halides is 3. The first-order valence-electron chi connectivity index (χ1n) is 14.4. The second kappa shape index (κ2) is 11.2. The van der Waals surface area contributed by atoms with E-state index in [0.717, 1.165) is 61.1 Å². The molecule has 2 saturated heterocycles. The third-order valence-electron chi connectivity index (χ3n) is 8.47. The quantitative estimate of drug-likeness (QED) is 0.348. The Labute approximate surface area is 240 Å². The van der Waals surface area contributed by atoms with Crippen LogP contribution in [0.25, 0.3) is 22.3 Å². The SMILES string of the molecule is FC(F)(F)c1nc(CN2CCOCC2)cc(OC2CCN(C3CC(n4cc(-c5ncnc6[nH]ccc56)cn4)C3)CC2)n1. The lowest BCUT2D eigenvalue weighted by molar-refractivity contribution is -0.145. The minimum atomic E-state index is -4.64. The zero-order valence-corrected chi connectivity index (χ0v) is 23.0. The van der Waals surface area contributed by atoms with Crippen LogP contribution in [0.4, 0.5) is 13.2 Å². The molecular formula is C28H32F3N9O2. The van der Waals surface area contributed by atoms with Crippen molar-refractivity contribution in [1.29, 1.82) is 0 Å². The number of nitrogens with one attached hydrogen (secondary N) is 1. The van der Waals surface area contributed by atoms with Crippen LogP contribution in [0.15, 0.2) is 37.1 Å². The summed E-state index contributed by atoms with van der Waals surface area (Å²) in [6.07, 6.45) is 5.98. The Balaban J connectivity index is 0.933. The number of rotatable bonds is 7. The Morgan fingerprint density at radius 1 is 1.02 bits per heavy atom. The number of hydrogen-bond acceptors (Lipinski definition) is 9. The minimum Gasteiger partial charge on any atom is -0.474 e. The number of halogens is 3. The van der Waals surface area contributed by atoms with Gasteiger partial charge in [-0.3, -0.25) is 14.5 Å². The zero-order chi connectivity index (χ0) is 28.7. The summed E-state index contributed by atoms with van der Waals surface area (Å²) in [5.74, 6) is -1.15. The van der Waals surface area contributed by atoms with Gasteiger partial charge in [-0.25, -0.2) is 15.0 Å². The number of aromatic amines is 1. The van der Waals surface area contributed by atoms with Gasteiger partial charge in [0.1, 0.15) is 18.1 Å². The van der Waals surface area contributed by atoms with Gasteiger partial charge in [-0.15, -0.1) is 0 Å². The van der Waals surface area contributed by atoms with Gasteiger partial charge in [0.05, 0.1) is 36.8 Å². The van der Waals surface area contributed by atoms with E-state index in [1.54, 1.807) is 12.4 Å². The molecule has 1 saturated carbocycles. The zero-order valence-electron chi connectivity index (χ0n) is 23.0. The van der Waals surface area contributed by atoms with E-state index in [1.807, 2.05) is 28.0 Å². The highest BCUT2D eigenvalue weighted by Gasteiger charge is 2.38. The Kier molecular flexibility index (Phi) is 7.28. The topological polar surface area (TPSA) is 110 Å². The molecule has 0 bridgehead atoms. The van der Waals surface area contributed by atoms with Gasteiger partial charge in [0, 0.05) is 68.2 Å². The van der Waals surface area contributed by atoms with Crippen molar-refractivity contribution in [3.63, 3.8) is 0 Å². The first-order chi connectivity index (χ1) is 20.4. The molecular weight excluding hydrogens is 551 g/mol. The Morgan fingerprint density at radius 2 is 1.83 bits per heavy atom. The highest BCUT2D eigenvalue weighted by atomic mass is 19.4. The molecule has 42 heavy (non-hydrogen) atoms. The van der Waals surface area contributed by atoms with Crippen LogP contribution in [-0.2, 0) is 17.5 Å². The van der Waals surface area contributed by atoms with Crippen molar-refractivity contribution in [2.24, 2.45) is 0 Å². The summed E-state index contributed by atoms with van der Waals surface area (Å²) < 4.78 is 54.0. The monoisotopic (exact) mass is 583 g/mol. The fourth-order valence-electron chi connectivity index (χ4n) is 6.09. The van der Waals surface area contributed by atoms with Crippen molar-refractivity contribution in [2.45, 2.75) is 56.6 Å². The van der Waals surface area contributed by atoms with Crippen LogP contribution in [0.1, 0.15) is 43.2 Å². The van der Waals surface area contributed by atoms with Crippen molar-refractivity contribution in [1.82, 2.24) is 44.5 Å². The number of H-pyrrole nitrogens is 1. The van der Waals surface area contributed by atoms with Crippen LogP contribution in [0.3, 0.4) is 0 Å². The summed E-state index contributed by atoms with van der Waals surface area (Å²) in [6, 6.07) is 4.30. The number of likely N-dealkylation sites (tertiary alicyclic amines) is 1. The van der Waals surface area contributed by atoms with Crippen LogP contribution in [0.2, 0.25) is 0 Å². The lowest BCUT2D eigenvalue weighted by Gasteiger charge is -2.45. The molecule has 1 aliphatic carbocycles. The van der Waals surface area contributed by atoms with Gasteiger partial charge in [0.25, 0.3) is 0 Å². The van der Waals surface area contributed by atoms with Crippen molar-refractivity contribution >= 4 is 11.0 Å². The molecule has 7 rings (SSSR count). The summed E-state index contributed by atoms with van der Waals surface area (Å²) in [6.45, 7) is 4.40. The predicted molar refractivity (Wildman–Crippen MR) is 146 cm³/mol.